The van der Waals surface area contributed by atoms with Gasteiger partial charge in [0, 0.05) is 24.7 Å². The van der Waals surface area contributed by atoms with Gasteiger partial charge in [-0.15, -0.1) is 0 Å². The average molecular weight is 256 g/mol. The van der Waals surface area contributed by atoms with E-state index in [9.17, 15) is 5.11 Å². The molecule has 2 saturated heterocycles. The lowest BCUT2D eigenvalue weighted by Crippen LogP contribution is -2.49. The highest BCUT2D eigenvalue weighted by Crippen LogP contribution is 2.21. The molecule has 2 aliphatic rings. The summed E-state index contributed by atoms with van der Waals surface area (Å²) in [5.74, 6) is 0. The van der Waals surface area contributed by atoms with Gasteiger partial charge >= 0.3 is 0 Å². The van der Waals surface area contributed by atoms with Crippen LogP contribution in [-0.4, -0.2) is 61.0 Å². The van der Waals surface area contributed by atoms with E-state index in [1.165, 1.54) is 19.3 Å². The second-order valence-corrected chi connectivity index (χ2v) is 5.73. The highest BCUT2D eigenvalue weighted by atomic mass is 16.5. The summed E-state index contributed by atoms with van der Waals surface area (Å²) in [5.41, 5.74) is 0. The van der Waals surface area contributed by atoms with Crippen molar-refractivity contribution in [3.63, 3.8) is 0 Å². The Bertz CT molecular complexity index is 232. The topological polar surface area (TPSA) is 44.7 Å². The Balaban J connectivity index is 1.86. The third kappa shape index (κ3) is 3.92. The first kappa shape index (κ1) is 14.3. The average Bonchev–Trinajstić information content (AvgIpc) is 2.64. The van der Waals surface area contributed by atoms with E-state index in [2.05, 4.69) is 17.1 Å². The number of rotatable bonds is 4. The lowest BCUT2D eigenvalue weighted by molar-refractivity contribution is 0.0457. The molecule has 18 heavy (non-hydrogen) atoms. The first-order valence-corrected chi connectivity index (χ1v) is 7.49. The largest absolute Gasteiger partial charge is 0.395 e. The van der Waals surface area contributed by atoms with Crippen molar-refractivity contribution in [3.05, 3.63) is 0 Å². The van der Waals surface area contributed by atoms with Gasteiger partial charge in [0.25, 0.3) is 0 Å². The highest BCUT2D eigenvalue weighted by molar-refractivity contribution is 4.83. The first-order valence-electron chi connectivity index (χ1n) is 7.49. The van der Waals surface area contributed by atoms with Crippen LogP contribution in [0.5, 0.6) is 0 Å². The minimum atomic E-state index is 0.304. The van der Waals surface area contributed by atoms with Gasteiger partial charge in [0.1, 0.15) is 0 Å². The lowest BCUT2D eigenvalue weighted by atomic mass is 10.0. The molecule has 0 aromatic rings. The van der Waals surface area contributed by atoms with Crippen molar-refractivity contribution in [2.45, 2.75) is 57.2 Å². The maximum atomic E-state index is 9.56. The number of aliphatic hydroxyl groups is 1. The van der Waals surface area contributed by atoms with Crippen molar-refractivity contribution in [2.75, 3.05) is 32.9 Å². The molecule has 2 aliphatic heterocycles. The van der Waals surface area contributed by atoms with E-state index < -0.39 is 0 Å². The summed E-state index contributed by atoms with van der Waals surface area (Å²) in [6.45, 7) is 6.39. The van der Waals surface area contributed by atoms with Gasteiger partial charge in [-0.05, 0) is 32.7 Å². The zero-order chi connectivity index (χ0) is 12.8. The fraction of sp³-hybridized carbons (Fsp3) is 1.00. The summed E-state index contributed by atoms with van der Waals surface area (Å²) in [4.78, 5) is 2.52. The number of hydrogen-bond acceptors (Lipinski definition) is 4. The number of aliphatic hydroxyl groups excluding tert-OH is 1. The van der Waals surface area contributed by atoms with E-state index in [0.29, 0.717) is 24.7 Å². The molecule has 2 N–H and O–H groups in total. The summed E-state index contributed by atoms with van der Waals surface area (Å²) in [6.07, 6.45) is 6.12. The third-order valence-corrected chi connectivity index (χ3v) is 4.32. The quantitative estimate of drug-likeness (QED) is 0.787. The van der Waals surface area contributed by atoms with E-state index in [0.717, 1.165) is 39.1 Å². The van der Waals surface area contributed by atoms with Crippen LogP contribution in [0.2, 0.25) is 0 Å². The van der Waals surface area contributed by atoms with Gasteiger partial charge < -0.3 is 15.2 Å². The SMILES string of the molecule is CC(CC1COCCN1)N1CCCCCC1CO. The Labute approximate surface area is 111 Å². The Hall–Kier alpha value is -0.160. The molecule has 4 nitrogen and oxygen atoms in total. The fourth-order valence-corrected chi connectivity index (χ4v) is 3.29. The number of nitrogens with zero attached hydrogens (tertiary/aromatic N) is 1. The normalized spacial score (nSPS) is 33.0. The fourth-order valence-electron chi connectivity index (χ4n) is 3.29. The third-order valence-electron chi connectivity index (χ3n) is 4.32. The Morgan fingerprint density at radius 1 is 1.39 bits per heavy atom. The molecule has 0 amide bonds. The van der Waals surface area contributed by atoms with E-state index >= 15 is 0 Å². The highest BCUT2D eigenvalue weighted by Gasteiger charge is 2.27. The predicted molar refractivity (Wildman–Crippen MR) is 72.7 cm³/mol. The van der Waals surface area contributed by atoms with Crippen LogP contribution < -0.4 is 5.32 Å². The van der Waals surface area contributed by atoms with Crippen LogP contribution in [0.1, 0.15) is 39.0 Å². The van der Waals surface area contributed by atoms with E-state index in [4.69, 9.17) is 4.74 Å². The van der Waals surface area contributed by atoms with Gasteiger partial charge in [0.15, 0.2) is 0 Å². The summed E-state index contributed by atoms with van der Waals surface area (Å²) >= 11 is 0. The van der Waals surface area contributed by atoms with E-state index in [1.54, 1.807) is 0 Å². The van der Waals surface area contributed by atoms with Crippen molar-refractivity contribution in [2.24, 2.45) is 0 Å². The minimum absolute atomic E-state index is 0.304. The molecule has 0 aliphatic carbocycles. The van der Waals surface area contributed by atoms with Crippen molar-refractivity contribution in [1.82, 2.24) is 10.2 Å². The molecular weight excluding hydrogens is 228 g/mol. The Morgan fingerprint density at radius 3 is 3.00 bits per heavy atom. The van der Waals surface area contributed by atoms with Crippen LogP contribution in [0.15, 0.2) is 0 Å². The van der Waals surface area contributed by atoms with Gasteiger partial charge in [-0.1, -0.05) is 12.8 Å². The maximum absolute atomic E-state index is 9.56. The van der Waals surface area contributed by atoms with Crippen LogP contribution in [-0.2, 0) is 4.74 Å². The molecule has 3 atom stereocenters. The smallest absolute Gasteiger partial charge is 0.0620 e. The zero-order valence-electron chi connectivity index (χ0n) is 11.6. The van der Waals surface area contributed by atoms with E-state index in [1.807, 2.05) is 0 Å². The molecular formula is C14H28N2O2. The van der Waals surface area contributed by atoms with Crippen molar-refractivity contribution in [3.8, 4) is 0 Å². The standard InChI is InChI=1S/C14H28N2O2/c1-12(9-13-11-18-8-6-15-13)16-7-4-2-3-5-14(16)10-17/h12-15,17H,2-11H2,1H3. The van der Waals surface area contributed by atoms with Gasteiger partial charge in [-0.2, -0.15) is 0 Å². The van der Waals surface area contributed by atoms with Crippen molar-refractivity contribution < 1.29 is 9.84 Å². The van der Waals surface area contributed by atoms with Gasteiger partial charge in [-0.3, -0.25) is 4.90 Å². The molecule has 106 valence electrons. The number of morpholine rings is 1. The first-order chi connectivity index (χ1) is 8.81. The van der Waals surface area contributed by atoms with Crippen LogP contribution in [0.4, 0.5) is 0 Å². The lowest BCUT2D eigenvalue weighted by Gasteiger charge is -2.37. The van der Waals surface area contributed by atoms with Gasteiger partial charge in [0.05, 0.1) is 19.8 Å². The van der Waals surface area contributed by atoms with Crippen molar-refractivity contribution in [1.29, 1.82) is 0 Å². The Kier molecular flexibility index (Phi) is 5.89. The second kappa shape index (κ2) is 7.43. The van der Waals surface area contributed by atoms with Gasteiger partial charge in [0.2, 0.25) is 0 Å². The molecule has 2 heterocycles. The molecule has 2 rings (SSSR count). The van der Waals surface area contributed by atoms with E-state index in [-0.39, 0.29) is 0 Å². The van der Waals surface area contributed by atoms with Crippen molar-refractivity contribution >= 4 is 0 Å². The minimum Gasteiger partial charge on any atom is -0.395 e. The summed E-state index contributed by atoms with van der Waals surface area (Å²) in [6, 6.07) is 1.38. The number of ether oxygens (including phenoxy) is 1. The maximum Gasteiger partial charge on any atom is 0.0620 e. The summed E-state index contributed by atoms with van der Waals surface area (Å²) in [7, 11) is 0. The van der Waals surface area contributed by atoms with Crippen LogP contribution >= 0.6 is 0 Å². The Morgan fingerprint density at radius 2 is 2.28 bits per heavy atom. The summed E-state index contributed by atoms with van der Waals surface area (Å²) in [5, 5.41) is 13.1. The molecule has 0 aromatic heterocycles. The number of likely N-dealkylation sites (tertiary alicyclic amines) is 1. The number of nitrogens with one attached hydrogen (secondary N) is 1. The molecule has 0 radical (unpaired) electrons. The van der Waals surface area contributed by atoms with Crippen LogP contribution in [0, 0.1) is 0 Å². The molecule has 2 fully saturated rings. The monoisotopic (exact) mass is 256 g/mol. The molecule has 4 heteroatoms. The number of hydrogen-bond donors (Lipinski definition) is 2. The van der Waals surface area contributed by atoms with Crippen LogP contribution in [0.25, 0.3) is 0 Å². The summed E-state index contributed by atoms with van der Waals surface area (Å²) < 4.78 is 5.52. The molecule has 0 saturated carbocycles. The van der Waals surface area contributed by atoms with Gasteiger partial charge in [-0.25, -0.2) is 0 Å². The zero-order valence-corrected chi connectivity index (χ0v) is 11.6. The molecule has 0 spiro atoms. The molecule has 0 bridgehead atoms. The molecule has 3 unspecified atom stereocenters. The second-order valence-electron chi connectivity index (χ2n) is 5.73. The predicted octanol–water partition coefficient (Wildman–Crippen LogP) is 0.990. The van der Waals surface area contributed by atoms with Crippen LogP contribution in [0.3, 0.4) is 0 Å². The molecule has 0 aromatic carbocycles.